The molecule has 0 aromatic carbocycles. The molecule has 4 atom stereocenters. The van der Waals surface area contributed by atoms with Gasteiger partial charge in [-0.05, 0) is 11.4 Å². The summed E-state index contributed by atoms with van der Waals surface area (Å²) in [4.78, 5) is 52.7. The van der Waals surface area contributed by atoms with Crippen molar-refractivity contribution in [2.75, 3.05) is 11.9 Å². The quantitative estimate of drug-likeness (QED) is 0.243. The average molecular weight is 473 g/mol. The lowest BCUT2D eigenvalue weighted by Crippen LogP contribution is -2.33. The number of nitrogens with zero attached hydrogens (tertiary/aromatic N) is 3. The number of anilines is 1. The number of hydrogen-bond donors (Lipinski definition) is 6. The maximum absolute atomic E-state index is 12.3. The second kappa shape index (κ2) is 8.22. The summed E-state index contributed by atoms with van der Waals surface area (Å²) >= 11 is 1.20. The van der Waals surface area contributed by atoms with E-state index in [1.165, 1.54) is 17.7 Å². The highest BCUT2D eigenvalue weighted by Gasteiger charge is 2.45. The maximum atomic E-state index is 12.3. The molecule has 31 heavy (non-hydrogen) atoms. The largest absolute Gasteiger partial charge is 0.469 e. The minimum atomic E-state index is -4.82. The summed E-state index contributed by atoms with van der Waals surface area (Å²) in [5, 5.41) is 24.7. The van der Waals surface area contributed by atoms with Gasteiger partial charge in [0.1, 0.15) is 29.6 Å². The first kappa shape index (κ1) is 21.7. The molecule has 0 saturated carbocycles. The van der Waals surface area contributed by atoms with Crippen LogP contribution < -0.4 is 11.0 Å². The molecule has 0 aliphatic carbocycles. The molecule has 0 spiro atoms. The summed E-state index contributed by atoms with van der Waals surface area (Å²) in [5.41, 5.74) is -0.784. The van der Waals surface area contributed by atoms with Crippen LogP contribution in [0.2, 0.25) is 0 Å². The van der Waals surface area contributed by atoms with Crippen molar-refractivity contribution < 1.29 is 38.6 Å². The van der Waals surface area contributed by atoms with E-state index in [-0.39, 0.29) is 17.0 Å². The van der Waals surface area contributed by atoms with Crippen molar-refractivity contribution in [2.24, 2.45) is 0 Å². The number of aliphatic hydroxyl groups is 2. The van der Waals surface area contributed by atoms with Crippen LogP contribution in [0.4, 0.5) is 5.82 Å². The van der Waals surface area contributed by atoms with Crippen molar-refractivity contribution in [3.63, 3.8) is 0 Å². The number of phosphoric ester groups is 1. The Hall–Kier alpha value is -2.49. The number of thiophene rings is 1. The van der Waals surface area contributed by atoms with E-state index in [4.69, 9.17) is 14.5 Å². The fourth-order valence-electron chi connectivity index (χ4n) is 3.06. The summed E-state index contributed by atoms with van der Waals surface area (Å²) in [5.74, 6) is -0.503. The zero-order valence-electron chi connectivity index (χ0n) is 15.4. The third-order valence-electron chi connectivity index (χ3n) is 4.45. The first-order valence-corrected chi connectivity index (χ1v) is 11.1. The summed E-state index contributed by atoms with van der Waals surface area (Å²) in [6, 6.07) is 3.29. The number of aromatic amines is 1. The molecule has 1 aliphatic rings. The number of rotatable bonds is 6. The molecule has 1 saturated heterocycles. The van der Waals surface area contributed by atoms with Crippen molar-refractivity contribution in [3.05, 3.63) is 39.2 Å². The van der Waals surface area contributed by atoms with Gasteiger partial charge in [-0.1, -0.05) is 6.07 Å². The van der Waals surface area contributed by atoms with Gasteiger partial charge in [0, 0.05) is 0 Å². The number of H-pyrrole nitrogens is 1. The van der Waals surface area contributed by atoms with Crippen LogP contribution in [0.25, 0.3) is 11.2 Å². The standard InChI is InChI=1S/C15H16N5O9PS/c21-9-6(4-28-30(25,26)27)29-14(10(9)22)20-5-16-8-11(18-15(24)19-12(8)20)17-13(23)7-2-1-3-31-7/h1-3,5-6,9-10,14,21-22H,4H2,(H2,25,26,27)(H2,17,18,19,23,24). The molecule has 3 aromatic heterocycles. The molecule has 6 N–H and O–H groups in total. The molecule has 1 fully saturated rings. The Morgan fingerprint density at radius 2 is 2.16 bits per heavy atom. The molecule has 1 aliphatic heterocycles. The van der Waals surface area contributed by atoms with E-state index >= 15 is 0 Å². The van der Waals surface area contributed by atoms with Crippen molar-refractivity contribution in [2.45, 2.75) is 24.5 Å². The lowest BCUT2D eigenvalue weighted by atomic mass is 10.1. The molecule has 4 heterocycles. The normalized spacial score (nSPS) is 24.0. The first-order valence-electron chi connectivity index (χ1n) is 8.67. The Balaban J connectivity index is 1.63. The number of carbonyl (C=O) groups is 1. The number of carbonyl (C=O) groups excluding carboxylic acids is 1. The van der Waals surface area contributed by atoms with Gasteiger partial charge in [-0.3, -0.25) is 18.9 Å². The van der Waals surface area contributed by atoms with Crippen molar-refractivity contribution in [1.82, 2.24) is 19.5 Å². The number of ether oxygens (including phenoxy) is 1. The maximum Gasteiger partial charge on any atom is 0.469 e. The van der Waals surface area contributed by atoms with Gasteiger partial charge in [-0.15, -0.1) is 11.3 Å². The van der Waals surface area contributed by atoms with E-state index < -0.39 is 50.6 Å². The zero-order chi connectivity index (χ0) is 22.3. The SMILES string of the molecule is O=C(Nc1[nH]c(=O)nc2c1ncn2C1OC(COP(=O)(O)O)C(O)C1O)c1cccs1. The highest BCUT2D eigenvalue weighted by molar-refractivity contribution is 7.46. The fourth-order valence-corrected chi connectivity index (χ4v) is 4.02. The summed E-state index contributed by atoms with van der Waals surface area (Å²) < 4.78 is 21.8. The van der Waals surface area contributed by atoms with Gasteiger partial charge in [0.15, 0.2) is 11.9 Å². The number of amides is 1. The van der Waals surface area contributed by atoms with Crippen LogP contribution in [-0.4, -0.2) is 70.3 Å². The van der Waals surface area contributed by atoms with Crippen LogP contribution in [-0.2, 0) is 13.8 Å². The van der Waals surface area contributed by atoms with Crippen molar-refractivity contribution >= 4 is 42.0 Å². The fraction of sp³-hybridized carbons (Fsp3) is 0.333. The van der Waals surface area contributed by atoms with Crippen LogP contribution in [0.1, 0.15) is 15.9 Å². The van der Waals surface area contributed by atoms with Crippen LogP contribution in [0, 0.1) is 0 Å². The predicted molar refractivity (Wildman–Crippen MR) is 104 cm³/mol. The molecule has 4 rings (SSSR count). The van der Waals surface area contributed by atoms with E-state index in [0.717, 1.165) is 4.57 Å². The third-order valence-corrected chi connectivity index (χ3v) is 5.80. The van der Waals surface area contributed by atoms with Gasteiger partial charge < -0.3 is 30.1 Å². The van der Waals surface area contributed by atoms with Crippen LogP contribution >= 0.6 is 19.2 Å². The zero-order valence-corrected chi connectivity index (χ0v) is 17.1. The molecule has 3 aromatic rings. The number of hydrogen-bond acceptors (Lipinski definition) is 10. The van der Waals surface area contributed by atoms with E-state index in [1.807, 2.05) is 0 Å². The average Bonchev–Trinajstić information content (AvgIpc) is 3.41. The highest BCUT2D eigenvalue weighted by Crippen LogP contribution is 2.38. The molecule has 166 valence electrons. The Morgan fingerprint density at radius 1 is 1.39 bits per heavy atom. The number of fused-ring (bicyclic) bond motifs is 1. The smallest absolute Gasteiger partial charge is 0.387 e. The van der Waals surface area contributed by atoms with Gasteiger partial charge in [0.25, 0.3) is 5.91 Å². The highest BCUT2D eigenvalue weighted by atomic mass is 32.1. The first-order chi connectivity index (χ1) is 14.6. The second-order valence-corrected chi connectivity index (χ2v) is 8.69. The minimum Gasteiger partial charge on any atom is -0.387 e. The van der Waals surface area contributed by atoms with Gasteiger partial charge in [-0.2, -0.15) is 4.98 Å². The molecule has 0 radical (unpaired) electrons. The Morgan fingerprint density at radius 3 is 2.84 bits per heavy atom. The molecule has 16 heteroatoms. The monoisotopic (exact) mass is 473 g/mol. The molecule has 4 unspecified atom stereocenters. The van der Waals surface area contributed by atoms with Gasteiger partial charge in [-0.25, -0.2) is 14.3 Å². The van der Waals surface area contributed by atoms with Gasteiger partial charge in [0.2, 0.25) is 0 Å². The molecule has 1 amide bonds. The van der Waals surface area contributed by atoms with Crippen LogP contribution in [0.3, 0.4) is 0 Å². The van der Waals surface area contributed by atoms with Crippen LogP contribution in [0.5, 0.6) is 0 Å². The number of phosphoric acid groups is 1. The summed E-state index contributed by atoms with van der Waals surface area (Å²) in [7, 11) is -4.82. The second-order valence-electron chi connectivity index (χ2n) is 6.51. The lowest BCUT2D eigenvalue weighted by molar-refractivity contribution is -0.0504. The summed E-state index contributed by atoms with van der Waals surface area (Å²) in [6.07, 6.45) is -4.48. The lowest BCUT2D eigenvalue weighted by Gasteiger charge is -2.16. The van der Waals surface area contributed by atoms with Crippen molar-refractivity contribution in [3.8, 4) is 0 Å². The molecule has 14 nitrogen and oxygen atoms in total. The number of aromatic nitrogens is 4. The number of nitrogens with one attached hydrogen (secondary N) is 2. The Bertz CT molecular complexity index is 1210. The minimum absolute atomic E-state index is 0.0263. The molecular formula is C15H16N5O9PS. The molecular weight excluding hydrogens is 457 g/mol. The third kappa shape index (κ3) is 4.44. The van der Waals surface area contributed by atoms with E-state index in [9.17, 15) is 24.4 Å². The Labute approximate surface area is 176 Å². The summed E-state index contributed by atoms with van der Waals surface area (Å²) in [6.45, 7) is -0.693. The van der Waals surface area contributed by atoms with Gasteiger partial charge >= 0.3 is 13.5 Å². The van der Waals surface area contributed by atoms with Crippen molar-refractivity contribution in [1.29, 1.82) is 0 Å². The van der Waals surface area contributed by atoms with E-state index in [1.54, 1.807) is 17.5 Å². The number of aliphatic hydroxyl groups excluding tert-OH is 2. The van der Waals surface area contributed by atoms with E-state index in [0.29, 0.717) is 4.88 Å². The van der Waals surface area contributed by atoms with E-state index in [2.05, 4.69) is 24.8 Å². The predicted octanol–water partition coefficient (Wildman–Crippen LogP) is -0.838. The van der Waals surface area contributed by atoms with Gasteiger partial charge in [0.05, 0.1) is 17.8 Å². The Kier molecular flexibility index (Phi) is 5.76. The van der Waals surface area contributed by atoms with Crippen LogP contribution in [0.15, 0.2) is 28.6 Å². The molecule has 0 bridgehead atoms. The number of imidazole rings is 1. The topological polar surface area (TPSA) is 209 Å².